The van der Waals surface area contributed by atoms with Gasteiger partial charge in [-0.25, -0.2) is 0 Å². The number of ether oxygens (including phenoxy) is 1. The molecular weight excluding hydrogens is 361 g/mol. The summed E-state index contributed by atoms with van der Waals surface area (Å²) < 4.78 is 7.32. The van der Waals surface area contributed by atoms with Crippen molar-refractivity contribution >= 4 is 40.5 Å². The lowest BCUT2D eigenvalue weighted by molar-refractivity contribution is -0.00521. The first kappa shape index (κ1) is 18.1. The Kier molecular flexibility index (Phi) is 5.27. The zero-order valence-corrected chi connectivity index (χ0v) is 15.9. The van der Waals surface area contributed by atoms with Gasteiger partial charge >= 0.3 is 0 Å². The van der Waals surface area contributed by atoms with Crippen molar-refractivity contribution in [1.29, 1.82) is 0 Å². The third-order valence-electron chi connectivity index (χ3n) is 4.26. The number of rotatable bonds is 3. The van der Waals surface area contributed by atoms with Crippen LogP contribution in [0.3, 0.4) is 0 Å². The van der Waals surface area contributed by atoms with Gasteiger partial charge in [0.2, 0.25) is 0 Å². The monoisotopic (exact) mass is 381 g/mol. The van der Waals surface area contributed by atoms with Gasteiger partial charge in [0, 0.05) is 31.5 Å². The number of nitrogens with one attached hydrogen (secondary N) is 1. The summed E-state index contributed by atoms with van der Waals surface area (Å²) in [5, 5.41) is 3.57. The fourth-order valence-electron chi connectivity index (χ4n) is 3.10. The third kappa shape index (κ3) is 3.94. The van der Waals surface area contributed by atoms with Crippen LogP contribution in [-0.4, -0.2) is 35.8 Å². The molecule has 1 N–H and O–H groups in total. The molecule has 1 aromatic carbocycles. The van der Waals surface area contributed by atoms with Crippen LogP contribution in [0.5, 0.6) is 0 Å². The van der Waals surface area contributed by atoms with Gasteiger partial charge < -0.3 is 19.5 Å². The van der Waals surface area contributed by atoms with Crippen LogP contribution in [0.25, 0.3) is 0 Å². The number of carbonyl (C=O) groups excluding carboxylic acids is 1. The number of aromatic nitrogens is 1. The Morgan fingerprint density at radius 1 is 1.16 bits per heavy atom. The SMILES string of the molecule is CC1CN(c2ccc(NC(=O)c3cc(Cl)c(Cl)n3C)cc2)CC(C)O1. The molecule has 0 aliphatic carbocycles. The molecule has 1 aromatic heterocycles. The molecule has 2 heterocycles. The fraction of sp³-hybridized carbons (Fsp3) is 0.389. The number of anilines is 2. The van der Waals surface area contributed by atoms with E-state index in [0.717, 1.165) is 24.5 Å². The van der Waals surface area contributed by atoms with Gasteiger partial charge in [0.1, 0.15) is 10.8 Å². The Hall–Kier alpha value is -1.69. The van der Waals surface area contributed by atoms with E-state index < -0.39 is 0 Å². The lowest BCUT2D eigenvalue weighted by atomic mass is 10.2. The highest BCUT2D eigenvalue weighted by Crippen LogP contribution is 2.26. The predicted molar refractivity (Wildman–Crippen MR) is 102 cm³/mol. The van der Waals surface area contributed by atoms with Crippen LogP contribution in [-0.2, 0) is 11.8 Å². The summed E-state index contributed by atoms with van der Waals surface area (Å²) in [6.45, 7) is 5.87. The highest BCUT2D eigenvalue weighted by atomic mass is 35.5. The Morgan fingerprint density at radius 3 is 2.28 bits per heavy atom. The second-order valence-corrected chi connectivity index (χ2v) is 7.16. The number of nitrogens with zero attached hydrogens (tertiary/aromatic N) is 2. The van der Waals surface area contributed by atoms with Crippen molar-refractivity contribution in [2.45, 2.75) is 26.1 Å². The minimum atomic E-state index is -0.252. The van der Waals surface area contributed by atoms with Crippen LogP contribution < -0.4 is 10.2 Å². The van der Waals surface area contributed by atoms with E-state index in [1.54, 1.807) is 17.7 Å². The Bertz CT molecular complexity index is 763. The molecule has 1 saturated heterocycles. The summed E-state index contributed by atoms with van der Waals surface area (Å²) in [6.07, 6.45) is 0.407. The van der Waals surface area contributed by atoms with E-state index in [0.29, 0.717) is 15.9 Å². The van der Waals surface area contributed by atoms with Crippen molar-refractivity contribution in [1.82, 2.24) is 4.57 Å². The maximum atomic E-state index is 12.4. The summed E-state index contributed by atoms with van der Waals surface area (Å²) in [4.78, 5) is 14.7. The summed E-state index contributed by atoms with van der Waals surface area (Å²) in [6, 6.07) is 9.36. The number of morpholine rings is 1. The average molecular weight is 382 g/mol. The molecule has 3 rings (SSSR count). The van der Waals surface area contributed by atoms with Gasteiger partial charge in [-0.05, 0) is 44.2 Å². The van der Waals surface area contributed by atoms with Crippen LogP contribution in [0.4, 0.5) is 11.4 Å². The van der Waals surface area contributed by atoms with Crippen molar-refractivity contribution in [2.75, 3.05) is 23.3 Å². The molecule has 2 unspecified atom stereocenters. The Balaban J connectivity index is 1.70. The maximum Gasteiger partial charge on any atom is 0.272 e. The van der Waals surface area contributed by atoms with Crippen molar-refractivity contribution in [2.24, 2.45) is 7.05 Å². The number of hydrogen-bond acceptors (Lipinski definition) is 3. The molecule has 1 amide bonds. The van der Waals surface area contributed by atoms with Crippen molar-refractivity contribution in [3.8, 4) is 0 Å². The zero-order chi connectivity index (χ0) is 18.1. The topological polar surface area (TPSA) is 46.5 Å². The van der Waals surface area contributed by atoms with Gasteiger partial charge in [-0.2, -0.15) is 0 Å². The van der Waals surface area contributed by atoms with Gasteiger partial charge in [0.25, 0.3) is 5.91 Å². The molecule has 2 aromatic rings. The largest absolute Gasteiger partial charge is 0.372 e. The van der Waals surface area contributed by atoms with Crippen molar-refractivity contribution < 1.29 is 9.53 Å². The zero-order valence-electron chi connectivity index (χ0n) is 14.4. The minimum absolute atomic E-state index is 0.204. The van der Waals surface area contributed by atoms with Gasteiger partial charge in [-0.3, -0.25) is 4.79 Å². The van der Waals surface area contributed by atoms with Gasteiger partial charge in [-0.15, -0.1) is 0 Å². The second-order valence-electron chi connectivity index (χ2n) is 6.39. The molecule has 25 heavy (non-hydrogen) atoms. The van der Waals surface area contributed by atoms with E-state index in [1.165, 1.54) is 0 Å². The Morgan fingerprint density at radius 2 is 1.76 bits per heavy atom. The molecule has 5 nitrogen and oxygen atoms in total. The van der Waals surface area contributed by atoms with Crippen LogP contribution in [0.2, 0.25) is 10.2 Å². The number of carbonyl (C=O) groups is 1. The summed E-state index contributed by atoms with van der Waals surface area (Å²) >= 11 is 12.0. The molecule has 2 atom stereocenters. The molecule has 0 spiro atoms. The quantitative estimate of drug-likeness (QED) is 0.866. The second kappa shape index (κ2) is 7.28. The first-order chi connectivity index (χ1) is 11.8. The van der Waals surface area contributed by atoms with E-state index in [1.807, 2.05) is 24.3 Å². The summed E-state index contributed by atoms with van der Waals surface area (Å²) in [5.74, 6) is -0.252. The molecule has 1 fully saturated rings. The van der Waals surface area contributed by atoms with Gasteiger partial charge in [-0.1, -0.05) is 23.2 Å². The molecule has 134 valence electrons. The minimum Gasteiger partial charge on any atom is -0.372 e. The number of halogens is 2. The lowest BCUT2D eigenvalue weighted by Crippen LogP contribution is -2.45. The first-order valence-corrected chi connectivity index (χ1v) is 8.93. The summed E-state index contributed by atoms with van der Waals surface area (Å²) in [7, 11) is 1.70. The first-order valence-electron chi connectivity index (χ1n) is 8.17. The molecule has 0 saturated carbocycles. The van der Waals surface area contributed by atoms with Crippen LogP contribution in [0.1, 0.15) is 24.3 Å². The highest BCUT2D eigenvalue weighted by Gasteiger charge is 2.22. The third-order valence-corrected chi connectivity index (χ3v) is 5.10. The average Bonchev–Trinajstić information content (AvgIpc) is 2.82. The van der Waals surface area contributed by atoms with Crippen LogP contribution in [0.15, 0.2) is 30.3 Å². The molecule has 1 aliphatic heterocycles. The van der Waals surface area contributed by atoms with Crippen LogP contribution in [0, 0.1) is 0 Å². The normalized spacial score (nSPS) is 20.6. The van der Waals surface area contributed by atoms with Crippen molar-refractivity contribution in [3.63, 3.8) is 0 Å². The molecular formula is C18H21Cl2N3O2. The van der Waals surface area contributed by atoms with Gasteiger partial charge in [0.15, 0.2) is 0 Å². The van der Waals surface area contributed by atoms with Crippen LogP contribution >= 0.6 is 23.2 Å². The highest BCUT2D eigenvalue weighted by molar-refractivity contribution is 6.42. The smallest absolute Gasteiger partial charge is 0.272 e. The number of amides is 1. The van der Waals surface area contributed by atoms with E-state index in [-0.39, 0.29) is 18.1 Å². The maximum absolute atomic E-state index is 12.4. The van der Waals surface area contributed by atoms with E-state index in [2.05, 4.69) is 24.1 Å². The van der Waals surface area contributed by atoms with E-state index >= 15 is 0 Å². The van der Waals surface area contributed by atoms with Gasteiger partial charge in [0.05, 0.1) is 17.2 Å². The van der Waals surface area contributed by atoms with E-state index in [9.17, 15) is 4.79 Å². The molecule has 0 bridgehead atoms. The van der Waals surface area contributed by atoms with E-state index in [4.69, 9.17) is 27.9 Å². The lowest BCUT2D eigenvalue weighted by Gasteiger charge is -2.36. The standard InChI is InChI=1S/C18H21Cl2N3O2/c1-11-9-23(10-12(2)25-11)14-6-4-13(5-7-14)21-18(24)16-8-15(19)17(20)22(16)3/h4-8,11-12H,9-10H2,1-3H3,(H,21,24). The summed E-state index contributed by atoms with van der Waals surface area (Å²) in [5.41, 5.74) is 2.25. The fourth-order valence-corrected chi connectivity index (χ4v) is 3.48. The molecule has 7 heteroatoms. The number of benzene rings is 1. The number of hydrogen-bond donors (Lipinski definition) is 1. The predicted octanol–water partition coefficient (Wildman–Crippen LogP) is 4.20. The molecule has 0 radical (unpaired) electrons. The Labute approximate surface area is 157 Å². The van der Waals surface area contributed by atoms with Crippen molar-refractivity contribution in [3.05, 3.63) is 46.2 Å². The molecule has 1 aliphatic rings.